The van der Waals surface area contributed by atoms with E-state index in [9.17, 15) is 64.2 Å². The van der Waals surface area contributed by atoms with Crippen molar-refractivity contribution >= 4 is 41.4 Å². The smallest absolute Gasteiger partial charge is 0.251 e. The highest BCUT2D eigenvalue weighted by molar-refractivity contribution is 5.99. The van der Waals surface area contributed by atoms with Crippen LogP contribution in [0.5, 0.6) is 11.5 Å². The summed E-state index contributed by atoms with van der Waals surface area (Å²) in [5, 5.41) is 78.1. The van der Waals surface area contributed by atoms with Gasteiger partial charge < -0.3 is 71.8 Å². The van der Waals surface area contributed by atoms with Gasteiger partial charge in [0.1, 0.15) is 47.9 Å². The fourth-order valence-electron chi connectivity index (χ4n) is 10.2. The van der Waals surface area contributed by atoms with Gasteiger partial charge in [0.25, 0.3) is 5.91 Å². The van der Waals surface area contributed by atoms with Gasteiger partial charge in [0.2, 0.25) is 35.4 Å². The Labute approximate surface area is 484 Å². The molecular weight excluding hydrogens is 1070 g/mol. The Morgan fingerprint density at radius 1 is 0.699 bits per heavy atom. The van der Waals surface area contributed by atoms with E-state index in [1.807, 2.05) is 60.7 Å². The van der Waals surface area contributed by atoms with Gasteiger partial charge in [-0.2, -0.15) is 0 Å². The Morgan fingerprint density at radius 3 is 1.83 bits per heavy atom. The molecule has 4 aromatic carbocycles. The van der Waals surface area contributed by atoms with E-state index in [0.717, 1.165) is 52.2 Å². The maximum absolute atomic E-state index is 14.4. The molecule has 12 N–H and O–H groups in total. The molecule has 7 amide bonds. The first-order valence-electron chi connectivity index (χ1n) is 28.6. The van der Waals surface area contributed by atoms with Crippen molar-refractivity contribution in [2.24, 2.45) is 5.92 Å². The zero-order chi connectivity index (χ0) is 60.3. The Morgan fingerprint density at radius 2 is 1.27 bits per heavy atom. The number of hydrogen-bond acceptors (Lipinski definition) is 15. The van der Waals surface area contributed by atoms with Crippen molar-refractivity contribution in [3.63, 3.8) is 0 Å². The maximum atomic E-state index is 14.4. The summed E-state index contributed by atoms with van der Waals surface area (Å²) in [6.07, 6.45) is -1.79. The summed E-state index contributed by atoms with van der Waals surface area (Å²) in [6.45, 7) is 7.54. The fourth-order valence-corrected chi connectivity index (χ4v) is 10.2. The predicted molar refractivity (Wildman–Crippen MR) is 309 cm³/mol. The summed E-state index contributed by atoms with van der Waals surface area (Å²) in [5.41, 5.74) is 4.70. The molecule has 6 unspecified atom stereocenters. The topological polar surface area (TPSA) is 329 Å². The molecule has 2 aliphatic heterocycles. The second-order valence-corrected chi connectivity index (χ2v) is 21.4. The summed E-state index contributed by atoms with van der Waals surface area (Å²) in [4.78, 5) is 99.8. The molecule has 2 heterocycles. The van der Waals surface area contributed by atoms with Crippen LogP contribution in [0.1, 0.15) is 95.5 Å². The van der Waals surface area contributed by atoms with E-state index in [-0.39, 0.29) is 44.5 Å². The fraction of sp³-hybridized carbons (Fsp3) is 0.492. The predicted octanol–water partition coefficient (Wildman–Crippen LogP) is 1.87. The number of ether oxygens (including phenoxy) is 1. The highest BCUT2D eigenvalue weighted by atomic mass is 16.5. The number of carbonyl (C=O) groups is 7. The lowest BCUT2D eigenvalue weighted by Gasteiger charge is -2.33. The van der Waals surface area contributed by atoms with Gasteiger partial charge >= 0.3 is 0 Å². The van der Waals surface area contributed by atoms with Crippen molar-refractivity contribution in [1.29, 1.82) is 0 Å². The molecule has 6 rings (SSSR count). The molecular formula is C61H82N8O14. The number of amides is 7. The van der Waals surface area contributed by atoms with E-state index in [0.29, 0.717) is 24.2 Å². The third-order valence-corrected chi connectivity index (χ3v) is 15.1. The van der Waals surface area contributed by atoms with Crippen LogP contribution in [0.3, 0.4) is 0 Å². The number of aliphatic hydroxyl groups is 5. The molecule has 0 aromatic heterocycles. The Bertz CT molecular complexity index is 2780. The summed E-state index contributed by atoms with van der Waals surface area (Å²) in [6, 6.07) is 21.0. The average molecular weight is 1150 g/mol. The zero-order valence-corrected chi connectivity index (χ0v) is 47.8. The number of unbranched alkanes of at least 4 members (excludes halogenated alkanes) is 2. The number of phenolic OH excluding ortho intramolecular Hbond substituents is 1. The highest BCUT2D eigenvalue weighted by Gasteiger charge is 2.48. The first kappa shape index (κ1) is 64.7. The van der Waals surface area contributed by atoms with Gasteiger partial charge in [-0.3, -0.25) is 38.9 Å². The van der Waals surface area contributed by atoms with E-state index in [1.165, 1.54) is 36.1 Å². The van der Waals surface area contributed by atoms with Crippen molar-refractivity contribution in [2.45, 2.75) is 147 Å². The average Bonchev–Trinajstić information content (AvgIpc) is 3.82. The first-order chi connectivity index (χ1) is 39.8. The first-order valence-corrected chi connectivity index (χ1v) is 28.6. The summed E-state index contributed by atoms with van der Waals surface area (Å²) in [7, 11) is 0. The minimum absolute atomic E-state index is 0.0455. The molecule has 22 heteroatoms. The number of nitrogens with one attached hydrogen (secondary N) is 6. The second-order valence-electron chi connectivity index (χ2n) is 21.4. The molecule has 0 bridgehead atoms. The molecule has 450 valence electrons. The zero-order valence-electron chi connectivity index (χ0n) is 47.8. The van der Waals surface area contributed by atoms with Gasteiger partial charge in [0, 0.05) is 31.0 Å². The lowest BCUT2D eigenvalue weighted by Crippen LogP contribution is -2.63. The lowest BCUT2D eigenvalue weighted by molar-refractivity contribution is -0.145. The van der Waals surface area contributed by atoms with Gasteiger partial charge in [-0.25, -0.2) is 0 Å². The molecule has 0 spiro atoms. The third kappa shape index (κ3) is 17.5. The number of hydrogen-bond donors (Lipinski definition) is 12. The maximum Gasteiger partial charge on any atom is 0.251 e. The van der Waals surface area contributed by atoms with E-state index in [4.69, 9.17) is 4.74 Å². The second kappa shape index (κ2) is 31.3. The van der Waals surface area contributed by atoms with Crippen molar-refractivity contribution in [3.8, 4) is 33.8 Å². The van der Waals surface area contributed by atoms with Crippen LogP contribution in [-0.2, 0) is 35.2 Å². The summed E-state index contributed by atoms with van der Waals surface area (Å²) in [5.74, 6) is -5.04. The van der Waals surface area contributed by atoms with E-state index < -0.39 is 128 Å². The number of nitrogens with zero attached hydrogens (tertiary/aromatic N) is 2. The Kier molecular flexibility index (Phi) is 24.4. The van der Waals surface area contributed by atoms with Crippen LogP contribution in [0.2, 0.25) is 0 Å². The van der Waals surface area contributed by atoms with Crippen LogP contribution < -0.4 is 36.6 Å². The minimum atomic E-state index is -1.73. The monoisotopic (exact) mass is 1150 g/mol. The molecule has 10 atom stereocenters. The van der Waals surface area contributed by atoms with Gasteiger partial charge in [-0.05, 0) is 103 Å². The summed E-state index contributed by atoms with van der Waals surface area (Å²) >= 11 is 0. The Balaban J connectivity index is 1.06. The molecule has 22 nitrogen and oxygen atoms in total. The van der Waals surface area contributed by atoms with Crippen LogP contribution >= 0.6 is 0 Å². The van der Waals surface area contributed by atoms with Crippen molar-refractivity contribution in [3.05, 3.63) is 108 Å². The third-order valence-electron chi connectivity index (χ3n) is 15.1. The van der Waals surface area contributed by atoms with Crippen LogP contribution in [0.15, 0.2) is 97.1 Å². The number of carbonyl (C=O) groups excluding carboxylic acids is 7. The normalized spacial score (nSPS) is 19.0. The van der Waals surface area contributed by atoms with E-state index >= 15 is 0 Å². The van der Waals surface area contributed by atoms with Crippen LogP contribution in [0.4, 0.5) is 0 Å². The number of aliphatic hydroxyl groups excluding tert-OH is 5. The van der Waals surface area contributed by atoms with Crippen LogP contribution in [0.25, 0.3) is 22.3 Å². The molecule has 2 fully saturated rings. The quantitative estimate of drug-likeness (QED) is 0.0273. The van der Waals surface area contributed by atoms with Gasteiger partial charge in [0.05, 0.1) is 50.7 Å². The molecule has 4 aromatic rings. The minimum Gasteiger partial charge on any atom is -0.508 e. The molecule has 0 radical (unpaired) electrons. The SMILES string of the molecule is CCCCCOc1ccc(-c2ccc(-c3ccc(C(=O)NCC(=O)NC(CC)C(=O)N4CCCC4C(=O)NC(C(=O)NC(CC)C(=O)N4C[C@H](C)[C@H](O)C4C(=O)NC(NC(CO)CO)[C@@H](C)O)[C@H](O)Cc4ccc(O)cc4)cc3)cc2)cc1. The Hall–Kier alpha value is -7.47. The van der Waals surface area contributed by atoms with Gasteiger partial charge in [0.15, 0.2) is 0 Å². The number of rotatable bonds is 29. The van der Waals surface area contributed by atoms with Crippen molar-refractivity contribution in [1.82, 2.24) is 41.7 Å². The largest absolute Gasteiger partial charge is 0.508 e. The van der Waals surface area contributed by atoms with Crippen LogP contribution in [0, 0.1) is 5.92 Å². The van der Waals surface area contributed by atoms with Crippen molar-refractivity contribution < 1.29 is 68.9 Å². The molecule has 0 aliphatic carbocycles. The summed E-state index contributed by atoms with van der Waals surface area (Å²) < 4.78 is 5.84. The van der Waals surface area contributed by atoms with Crippen LogP contribution in [-0.4, -0.2) is 182 Å². The van der Waals surface area contributed by atoms with E-state index in [2.05, 4.69) is 38.8 Å². The van der Waals surface area contributed by atoms with Gasteiger partial charge in [-0.15, -0.1) is 0 Å². The van der Waals surface area contributed by atoms with Crippen molar-refractivity contribution in [2.75, 3.05) is 39.5 Å². The molecule has 2 aliphatic rings. The standard InChI is InChI=1S/C61H82N8O14/c1-6-9-10-30-83-46-27-23-42(24-28-46)40-17-15-39(16-18-40)41-19-21-43(22-20-41)56(77)62-32-51(75)64-47(7-2)60(81)68-29-11-12-49(68)57(78)66-52(50(74)31-38-13-25-45(73)26-14-38)58(79)65-48(8-3)61(82)69-33-36(4)54(76)53(69)59(80)67-55(37(5)72)63-44(34-70)35-71/h13-28,36-37,44,47-50,52-55,63,70-74,76H,6-12,29-35H2,1-5H3,(H,62,77)(H,64,75)(H,65,79)(H,66,78)(H,67,80)/t36-,37+,47?,48?,49?,50+,52?,53?,54-,55?/m0/s1. The number of likely N-dealkylation sites (tertiary alicyclic amines) is 2. The molecule has 2 saturated heterocycles. The highest BCUT2D eigenvalue weighted by Crippen LogP contribution is 2.29. The van der Waals surface area contributed by atoms with Gasteiger partial charge in [-0.1, -0.05) is 101 Å². The molecule has 0 saturated carbocycles. The molecule has 83 heavy (non-hydrogen) atoms. The number of aromatic hydroxyl groups is 1. The lowest BCUT2D eigenvalue weighted by atomic mass is 9.99. The number of benzene rings is 4. The van der Waals surface area contributed by atoms with E-state index in [1.54, 1.807) is 32.9 Å². The number of phenols is 1.